The summed E-state index contributed by atoms with van der Waals surface area (Å²) in [6.07, 6.45) is -3.93. The maximum atomic E-state index is 14.8. The monoisotopic (exact) mass is 444 g/mol. The van der Waals surface area contributed by atoms with Gasteiger partial charge in [-0.2, -0.15) is 13.2 Å². The molecule has 2 atom stereocenters. The zero-order valence-electron chi connectivity index (χ0n) is 16.1. The van der Waals surface area contributed by atoms with Crippen LogP contribution in [0.4, 0.5) is 22.0 Å². The van der Waals surface area contributed by atoms with Gasteiger partial charge >= 0.3 is 12.1 Å². The molecule has 0 bridgehead atoms. The molecule has 2 nitrogen and oxygen atoms in total. The van der Waals surface area contributed by atoms with E-state index < -0.39 is 58.2 Å². The first-order chi connectivity index (χ1) is 13.9. The smallest absolute Gasteiger partial charge is 0.426 e. The van der Waals surface area contributed by atoms with E-state index in [-0.39, 0.29) is 5.56 Å². The van der Waals surface area contributed by atoms with E-state index in [2.05, 4.69) is 0 Å². The summed E-state index contributed by atoms with van der Waals surface area (Å²) in [5.41, 5.74) is -0.570. The van der Waals surface area contributed by atoms with Crippen LogP contribution in [-0.2, 0) is 16.1 Å². The Balaban J connectivity index is 1.76. The number of alkyl halides is 3. The van der Waals surface area contributed by atoms with Crippen molar-refractivity contribution >= 4 is 17.6 Å². The Kier molecular flexibility index (Phi) is 5.96. The van der Waals surface area contributed by atoms with Crippen molar-refractivity contribution in [3.63, 3.8) is 0 Å². The normalized spacial score (nSPS) is 20.7. The standard InChI is InChI=1S/C22H18ClF5O2/c1-21(2)15(10-17(23)22(26,27)28)18(21)20(29)30-11-14-16(24)9-8-13(19(14)25)12-6-4-3-5-7-12/h3-10,15,18H,11H2,1-2H3/t15-,18-/m0/s1. The number of benzene rings is 2. The molecular formula is C22H18ClF5O2. The molecule has 0 aromatic heterocycles. The topological polar surface area (TPSA) is 26.3 Å². The van der Waals surface area contributed by atoms with E-state index in [1.807, 2.05) is 0 Å². The van der Waals surface area contributed by atoms with Crippen molar-refractivity contribution in [3.05, 3.63) is 70.8 Å². The maximum absolute atomic E-state index is 14.8. The lowest BCUT2D eigenvalue weighted by Gasteiger charge is -2.11. The van der Waals surface area contributed by atoms with Gasteiger partial charge in [0.05, 0.1) is 11.5 Å². The second kappa shape index (κ2) is 8.02. The highest BCUT2D eigenvalue weighted by atomic mass is 35.5. The summed E-state index contributed by atoms with van der Waals surface area (Å²) in [5.74, 6) is -4.26. The first kappa shape index (κ1) is 22.3. The lowest BCUT2D eigenvalue weighted by molar-refractivity contribution is -0.147. The molecule has 1 aliphatic rings. The van der Waals surface area contributed by atoms with E-state index in [1.165, 1.54) is 6.07 Å². The summed E-state index contributed by atoms with van der Waals surface area (Å²) < 4.78 is 72.0. The minimum absolute atomic E-state index is 0.146. The van der Waals surface area contributed by atoms with E-state index >= 15 is 0 Å². The molecule has 0 radical (unpaired) electrons. The molecule has 0 spiro atoms. The third kappa shape index (κ3) is 4.36. The van der Waals surface area contributed by atoms with Crippen LogP contribution in [0, 0.1) is 28.9 Å². The second-order valence-corrected chi connectivity index (χ2v) is 8.11. The first-order valence-electron chi connectivity index (χ1n) is 9.08. The minimum Gasteiger partial charge on any atom is -0.460 e. The minimum atomic E-state index is -4.71. The summed E-state index contributed by atoms with van der Waals surface area (Å²) in [7, 11) is 0. The van der Waals surface area contributed by atoms with Gasteiger partial charge in [-0.3, -0.25) is 4.79 Å². The van der Waals surface area contributed by atoms with Crippen LogP contribution in [-0.4, -0.2) is 12.1 Å². The Hall–Kier alpha value is -2.41. The van der Waals surface area contributed by atoms with Gasteiger partial charge in [-0.05, 0) is 29.0 Å². The molecule has 1 aliphatic carbocycles. The summed E-state index contributed by atoms with van der Waals surface area (Å²) in [6, 6.07) is 10.8. The van der Waals surface area contributed by atoms with Crippen LogP contribution in [0.1, 0.15) is 19.4 Å². The van der Waals surface area contributed by atoms with Gasteiger partial charge in [-0.15, -0.1) is 0 Å². The lowest BCUT2D eigenvalue weighted by atomic mass is 10.0. The van der Waals surface area contributed by atoms with E-state index in [1.54, 1.807) is 44.2 Å². The van der Waals surface area contributed by atoms with Crippen LogP contribution in [0.5, 0.6) is 0 Å². The quantitative estimate of drug-likeness (QED) is 0.382. The zero-order chi connectivity index (χ0) is 22.3. The van der Waals surface area contributed by atoms with Gasteiger partial charge in [0.25, 0.3) is 0 Å². The van der Waals surface area contributed by atoms with E-state index in [0.29, 0.717) is 5.56 Å². The summed E-state index contributed by atoms with van der Waals surface area (Å²) >= 11 is 5.26. The predicted octanol–water partition coefficient (Wildman–Crippen LogP) is 6.63. The van der Waals surface area contributed by atoms with Crippen molar-refractivity contribution in [1.29, 1.82) is 0 Å². The van der Waals surface area contributed by atoms with Crippen LogP contribution in [0.2, 0.25) is 0 Å². The molecule has 30 heavy (non-hydrogen) atoms. The Morgan fingerprint density at radius 1 is 1.13 bits per heavy atom. The van der Waals surface area contributed by atoms with Gasteiger partial charge < -0.3 is 4.74 Å². The highest BCUT2D eigenvalue weighted by Crippen LogP contribution is 2.60. The fourth-order valence-electron chi connectivity index (χ4n) is 3.49. The van der Waals surface area contributed by atoms with Crippen LogP contribution in [0.3, 0.4) is 0 Å². The van der Waals surface area contributed by atoms with Gasteiger partial charge in [-0.25, -0.2) is 8.78 Å². The Bertz CT molecular complexity index is 983. The number of hydrogen-bond acceptors (Lipinski definition) is 2. The third-order valence-electron chi connectivity index (χ3n) is 5.39. The number of rotatable bonds is 5. The fourth-order valence-corrected chi connectivity index (χ4v) is 3.63. The lowest BCUT2D eigenvalue weighted by Crippen LogP contribution is -2.12. The number of carbonyl (C=O) groups is 1. The van der Waals surface area contributed by atoms with Gasteiger partial charge in [0.15, 0.2) is 0 Å². The van der Waals surface area contributed by atoms with Crippen LogP contribution in [0.15, 0.2) is 53.6 Å². The number of ether oxygens (including phenoxy) is 1. The number of allylic oxidation sites excluding steroid dienone is 2. The van der Waals surface area contributed by atoms with Crippen molar-refractivity contribution in [1.82, 2.24) is 0 Å². The molecule has 2 aromatic rings. The zero-order valence-corrected chi connectivity index (χ0v) is 16.8. The molecule has 160 valence electrons. The van der Waals surface area contributed by atoms with Crippen molar-refractivity contribution in [2.75, 3.05) is 0 Å². The number of carbonyl (C=O) groups excluding carboxylic acids is 1. The van der Waals surface area contributed by atoms with Crippen molar-refractivity contribution in [2.24, 2.45) is 17.3 Å². The van der Waals surface area contributed by atoms with Crippen molar-refractivity contribution in [3.8, 4) is 11.1 Å². The number of esters is 1. The van der Waals surface area contributed by atoms with Gasteiger partial charge in [0.1, 0.15) is 23.3 Å². The number of halogens is 6. The summed E-state index contributed by atoms with van der Waals surface area (Å²) in [6.45, 7) is 2.52. The molecule has 1 saturated carbocycles. The Morgan fingerprint density at radius 3 is 2.37 bits per heavy atom. The van der Waals surface area contributed by atoms with Crippen LogP contribution in [0.25, 0.3) is 11.1 Å². The number of hydrogen-bond donors (Lipinski definition) is 0. The van der Waals surface area contributed by atoms with Gasteiger partial charge in [0, 0.05) is 5.56 Å². The summed E-state index contributed by atoms with van der Waals surface area (Å²) in [5, 5.41) is -1.32. The highest BCUT2D eigenvalue weighted by Gasteiger charge is 2.62. The van der Waals surface area contributed by atoms with Crippen molar-refractivity contribution in [2.45, 2.75) is 26.6 Å². The largest absolute Gasteiger partial charge is 0.460 e. The molecule has 0 saturated heterocycles. The second-order valence-electron chi connectivity index (χ2n) is 7.70. The predicted molar refractivity (Wildman–Crippen MR) is 102 cm³/mol. The Morgan fingerprint density at radius 2 is 1.77 bits per heavy atom. The average Bonchev–Trinajstić information content (AvgIpc) is 3.21. The first-order valence-corrected chi connectivity index (χ1v) is 9.46. The SMILES string of the molecule is CC1(C)[C@H](C(=O)OCc2c(F)ccc(-c3ccccc3)c2F)[C@@H]1C=C(Cl)C(F)(F)F. The molecule has 3 rings (SSSR count). The van der Waals surface area contributed by atoms with Crippen LogP contribution < -0.4 is 0 Å². The molecule has 0 aliphatic heterocycles. The Labute approximate surface area is 175 Å². The van der Waals surface area contributed by atoms with Crippen LogP contribution >= 0.6 is 11.6 Å². The van der Waals surface area contributed by atoms with Crippen molar-refractivity contribution < 1.29 is 31.5 Å². The molecule has 0 heterocycles. The van der Waals surface area contributed by atoms with Gasteiger partial charge in [0.2, 0.25) is 0 Å². The highest BCUT2D eigenvalue weighted by molar-refractivity contribution is 6.30. The molecule has 8 heteroatoms. The fraction of sp³-hybridized carbons (Fsp3) is 0.318. The molecule has 0 unspecified atom stereocenters. The maximum Gasteiger partial charge on any atom is 0.426 e. The molecule has 0 amide bonds. The molecule has 2 aromatic carbocycles. The molecule has 0 N–H and O–H groups in total. The van der Waals surface area contributed by atoms with E-state index in [4.69, 9.17) is 16.3 Å². The van der Waals surface area contributed by atoms with E-state index in [9.17, 15) is 26.7 Å². The third-order valence-corrected chi connectivity index (χ3v) is 5.73. The summed E-state index contributed by atoms with van der Waals surface area (Å²) in [4.78, 5) is 12.4. The van der Waals surface area contributed by atoms with E-state index in [0.717, 1.165) is 12.1 Å². The molecule has 1 fully saturated rings. The van der Waals surface area contributed by atoms with Gasteiger partial charge in [-0.1, -0.05) is 61.9 Å². The average molecular weight is 445 g/mol. The molecular weight excluding hydrogens is 427 g/mol.